The van der Waals surface area contributed by atoms with Gasteiger partial charge < -0.3 is 10.3 Å². The molecule has 0 bridgehead atoms. The zero-order valence-corrected chi connectivity index (χ0v) is 13.9. The monoisotopic (exact) mass is 423 g/mol. The Kier molecular flexibility index (Phi) is 4.97. The van der Waals surface area contributed by atoms with E-state index in [1.165, 1.54) is 6.07 Å². The third kappa shape index (κ3) is 4.46. The highest BCUT2D eigenvalue weighted by atomic mass is 19.4. The summed E-state index contributed by atoms with van der Waals surface area (Å²) in [5.41, 5.74) is -3.94. The number of aromatic nitrogens is 2. The highest BCUT2D eigenvalue weighted by Gasteiger charge is 2.37. The maximum atomic E-state index is 12.9. The van der Waals surface area contributed by atoms with Gasteiger partial charge in [-0.05, 0) is 36.4 Å². The molecule has 0 spiro atoms. The minimum atomic E-state index is -5.07. The number of hydrogen-bond donors (Lipinski definition) is 2. The molecule has 0 saturated heterocycles. The van der Waals surface area contributed by atoms with Crippen molar-refractivity contribution in [1.82, 2.24) is 9.97 Å². The Balaban J connectivity index is 1.94. The molecule has 0 aliphatic rings. The van der Waals surface area contributed by atoms with Crippen molar-refractivity contribution >= 4 is 22.6 Å². The van der Waals surface area contributed by atoms with E-state index in [4.69, 9.17) is 0 Å². The van der Waals surface area contributed by atoms with E-state index in [9.17, 15) is 39.9 Å². The van der Waals surface area contributed by atoms with E-state index in [0.29, 0.717) is 12.1 Å². The quantitative estimate of drug-likeness (QED) is 0.524. The number of anilines is 1. The van der Waals surface area contributed by atoms with Gasteiger partial charge in [-0.15, -0.1) is 0 Å². The lowest BCUT2D eigenvalue weighted by molar-refractivity contribution is -0.143. The Bertz CT molecular complexity index is 1040. The number of rotatable bonds is 3. The first-order valence-electron chi connectivity index (χ1n) is 7.73. The molecule has 0 radical (unpaired) electrons. The Morgan fingerprint density at radius 1 is 0.931 bits per heavy atom. The molecule has 0 aliphatic heterocycles. The molecule has 4 nitrogen and oxygen atoms in total. The summed E-state index contributed by atoms with van der Waals surface area (Å²) in [7, 11) is 0. The fraction of sp³-hybridized carbons (Fsp3) is 0.176. The molecule has 1 heterocycles. The van der Waals surface area contributed by atoms with Gasteiger partial charge in [-0.1, -0.05) is 0 Å². The number of benzene rings is 2. The molecule has 0 fully saturated rings. The van der Waals surface area contributed by atoms with Crippen LogP contribution in [0.1, 0.15) is 33.7 Å². The number of aromatic amines is 1. The molecular formula is C17H9F8N3O. The van der Waals surface area contributed by atoms with E-state index < -0.39 is 47.3 Å². The van der Waals surface area contributed by atoms with Crippen LogP contribution in [0.4, 0.5) is 40.8 Å². The summed E-state index contributed by atoms with van der Waals surface area (Å²) in [6.45, 7) is 0. The van der Waals surface area contributed by atoms with Gasteiger partial charge in [0.25, 0.3) is 12.3 Å². The van der Waals surface area contributed by atoms with Gasteiger partial charge in [-0.3, -0.25) is 4.79 Å². The summed E-state index contributed by atoms with van der Waals surface area (Å²) in [5.74, 6) is -1.68. The number of carbonyl (C=O) groups excluding carboxylic acids is 1. The molecule has 0 saturated carbocycles. The fourth-order valence-corrected chi connectivity index (χ4v) is 2.50. The van der Waals surface area contributed by atoms with Crippen molar-refractivity contribution in [3.63, 3.8) is 0 Å². The van der Waals surface area contributed by atoms with Crippen LogP contribution in [0.3, 0.4) is 0 Å². The van der Waals surface area contributed by atoms with Crippen LogP contribution in [0.5, 0.6) is 0 Å². The summed E-state index contributed by atoms with van der Waals surface area (Å²) < 4.78 is 103. The van der Waals surface area contributed by atoms with Crippen LogP contribution in [-0.4, -0.2) is 15.9 Å². The van der Waals surface area contributed by atoms with Gasteiger partial charge in [0.15, 0.2) is 5.82 Å². The lowest BCUT2D eigenvalue weighted by Gasteiger charge is -2.14. The van der Waals surface area contributed by atoms with Crippen LogP contribution >= 0.6 is 0 Å². The smallest absolute Gasteiger partial charge is 0.337 e. The van der Waals surface area contributed by atoms with Gasteiger partial charge in [0, 0.05) is 11.3 Å². The average molecular weight is 423 g/mol. The van der Waals surface area contributed by atoms with Crippen LogP contribution in [0.25, 0.3) is 11.0 Å². The number of nitrogens with one attached hydrogen (secondary N) is 2. The number of amides is 1. The van der Waals surface area contributed by atoms with E-state index in [1.54, 1.807) is 0 Å². The van der Waals surface area contributed by atoms with E-state index in [0.717, 1.165) is 12.1 Å². The van der Waals surface area contributed by atoms with Gasteiger partial charge >= 0.3 is 12.4 Å². The van der Waals surface area contributed by atoms with E-state index >= 15 is 0 Å². The maximum Gasteiger partial charge on any atom is 0.416 e. The number of hydrogen-bond acceptors (Lipinski definition) is 2. The molecule has 3 rings (SSSR count). The van der Waals surface area contributed by atoms with Crippen LogP contribution in [0.15, 0.2) is 36.4 Å². The summed E-state index contributed by atoms with van der Waals surface area (Å²) in [6.07, 6.45) is -13.0. The van der Waals surface area contributed by atoms with Gasteiger partial charge in [0.05, 0.1) is 22.2 Å². The summed E-state index contributed by atoms with van der Waals surface area (Å²) in [6, 6.07) is 4.10. The zero-order chi connectivity index (χ0) is 21.6. The number of halogens is 8. The Labute approximate surface area is 156 Å². The maximum absolute atomic E-state index is 12.9. The molecule has 0 unspecified atom stereocenters. The Morgan fingerprint density at radius 2 is 1.52 bits per heavy atom. The standard InChI is InChI=1S/C17H9F8N3O/c18-13(19)14-27-11-2-1-7(3-12(11)28-14)15(29)26-10-5-8(16(20,21)22)4-9(6-10)17(23,24)25/h1-6,13H,(H,26,29)(H,27,28). The molecule has 3 aromatic rings. The van der Waals surface area contributed by atoms with Crippen LogP contribution in [-0.2, 0) is 12.4 Å². The molecule has 0 atom stereocenters. The lowest BCUT2D eigenvalue weighted by Crippen LogP contribution is -2.15. The van der Waals surface area contributed by atoms with Crippen molar-refractivity contribution in [3.05, 3.63) is 58.9 Å². The highest BCUT2D eigenvalue weighted by molar-refractivity contribution is 6.06. The number of alkyl halides is 8. The van der Waals surface area contributed by atoms with Crippen molar-refractivity contribution < 1.29 is 39.9 Å². The Hall–Kier alpha value is -3.18. The molecule has 29 heavy (non-hydrogen) atoms. The normalized spacial score (nSPS) is 12.6. The highest BCUT2D eigenvalue weighted by Crippen LogP contribution is 2.37. The van der Waals surface area contributed by atoms with E-state index in [1.807, 2.05) is 5.32 Å². The number of imidazole rings is 1. The van der Waals surface area contributed by atoms with Gasteiger partial charge in [-0.25, -0.2) is 13.8 Å². The predicted molar refractivity (Wildman–Crippen MR) is 85.4 cm³/mol. The van der Waals surface area contributed by atoms with Crippen LogP contribution < -0.4 is 5.32 Å². The van der Waals surface area contributed by atoms with E-state index in [2.05, 4.69) is 9.97 Å². The van der Waals surface area contributed by atoms with Gasteiger partial charge in [-0.2, -0.15) is 26.3 Å². The molecule has 1 aromatic heterocycles. The lowest BCUT2D eigenvalue weighted by atomic mass is 10.1. The topological polar surface area (TPSA) is 57.8 Å². The molecular weight excluding hydrogens is 414 g/mol. The fourth-order valence-electron chi connectivity index (χ4n) is 2.50. The summed E-state index contributed by atoms with van der Waals surface area (Å²) in [5, 5.41) is 1.96. The number of H-pyrrole nitrogens is 1. The first kappa shape index (κ1) is 20.6. The average Bonchev–Trinajstić information content (AvgIpc) is 3.03. The molecule has 1 amide bonds. The van der Waals surface area contributed by atoms with E-state index in [-0.39, 0.29) is 22.7 Å². The second-order valence-electron chi connectivity index (χ2n) is 5.90. The minimum Gasteiger partial charge on any atom is -0.337 e. The van der Waals surface area contributed by atoms with Crippen molar-refractivity contribution in [3.8, 4) is 0 Å². The van der Waals surface area contributed by atoms with Crippen LogP contribution in [0, 0.1) is 0 Å². The van der Waals surface area contributed by atoms with Gasteiger partial charge in [0.2, 0.25) is 0 Å². The first-order chi connectivity index (χ1) is 13.3. The minimum absolute atomic E-state index is 0.0490. The molecule has 0 aliphatic carbocycles. The third-order valence-corrected chi connectivity index (χ3v) is 3.81. The second-order valence-corrected chi connectivity index (χ2v) is 5.90. The summed E-state index contributed by atoms with van der Waals surface area (Å²) in [4.78, 5) is 18.1. The van der Waals surface area contributed by atoms with Crippen LogP contribution in [0.2, 0.25) is 0 Å². The van der Waals surface area contributed by atoms with Crippen molar-refractivity contribution in [2.75, 3.05) is 5.32 Å². The number of nitrogens with zero attached hydrogens (tertiary/aromatic N) is 1. The zero-order valence-electron chi connectivity index (χ0n) is 13.9. The van der Waals surface area contributed by atoms with Gasteiger partial charge in [0.1, 0.15) is 0 Å². The summed E-state index contributed by atoms with van der Waals surface area (Å²) >= 11 is 0. The predicted octanol–water partition coefficient (Wildman–Crippen LogP) is 5.79. The van der Waals surface area contributed by atoms with Crippen molar-refractivity contribution in [2.45, 2.75) is 18.8 Å². The number of fused-ring (bicyclic) bond motifs is 1. The molecule has 12 heteroatoms. The SMILES string of the molecule is O=C(Nc1cc(C(F)(F)F)cc(C(F)(F)F)c1)c1ccc2nc(C(F)F)[nH]c2c1. The first-order valence-corrected chi connectivity index (χ1v) is 7.73. The molecule has 2 N–H and O–H groups in total. The largest absolute Gasteiger partial charge is 0.416 e. The second kappa shape index (κ2) is 7.01. The van der Waals surface area contributed by atoms with Crippen molar-refractivity contribution in [1.29, 1.82) is 0 Å². The third-order valence-electron chi connectivity index (χ3n) is 3.81. The Morgan fingerprint density at radius 3 is 2.03 bits per heavy atom. The van der Waals surface area contributed by atoms with Crippen molar-refractivity contribution in [2.24, 2.45) is 0 Å². The molecule has 2 aromatic carbocycles. The number of carbonyl (C=O) groups is 1. The molecule has 154 valence electrons.